The van der Waals surface area contributed by atoms with Crippen LogP contribution >= 0.6 is 11.3 Å². The van der Waals surface area contributed by atoms with Crippen LogP contribution in [0.25, 0.3) is 0 Å². The Kier molecular flexibility index (Phi) is 4.02. The number of hydrogen-bond donors (Lipinski definition) is 2. The van der Waals surface area contributed by atoms with Gasteiger partial charge in [-0.05, 0) is 18.4 Å². The summed E-state index contributed by atoms with van der Waals surface area (Å²) in [5.41, 5.74) is 0.957. The van der Waals surface area contributed by atoms with E-state index in [1.165, 1.54) is 0 Å². The number of carbonyl (C=O) groups excluding carboxylic acids is 1. The maximum atomic E-state index is 11.4. The van der Waals surface area contributed by atoms with Gasteiger partial charge >= 0.3 is 0 Å². The first kappa shape index (κ1) is 10.6. The molecule has 1 atom stereocenters. The molecule has 4 heteroatoms. The molecule has 0 aliphatic rings. The van der Waals surface area contributed by atoms with Crippen LogP contribution in [0.3, 0.4) is 0 Å². The van der Waals surface area contributed by atoms with Gasteiger partial charge in [-0.15, -0.1) is 6.42 Å². The fraction of sp³-hybridized carbons (Fsp3) is 0.300. The Bertz CT molecular complexity index is 326. The van der Waals surface area contributed by atoms with Crippen LogP contribution < -0.4 is 10.6 Å². The lowest BCUT2D eigenvalue weighted by Crippen LogP contribution is -2.37. The second kappa shape index (κ2) is 5.30. The van der Waals surface area contributed by atoms with Crippen molar-refractivity contribution >= 4 is 22.9 Å². The minimum absolute atomic E-state index is 0.0887. The van der Waals surface area contributed by atoms with Gasteiger partial charge in [0.15, 0.2) is 0 Å². The number of terminal acetylenes is 1. The molecule has 0 aromatic carbocycles. The summed E-state index contributed by atoms with van der Waals surface area (Å²) >= 11 is 1.58. The first-order valence-corrected chi connectivity index (χ1v) is 5.18. The van der Waals surface area contributed by atoms with Crippen LogP contribution in [0.4, 0.5) is 5.69 Å². The van der Waals surface area contributed by atoms with Crippen LogP contribution in [0, 0.1) is 12.3 Å². The Balaban J connectivity index is 2.39. The van der Waals surface area contributed by atoms with E-state index in [2.05, 4.69) is 16.6 Å². The summed E-state index contributed by atoms with van der Waals surface area (Å²) in [5.74, 6) is 2.27. The predicted octanol–water partition coefficient (Wildman–Crippen LogP) is 1.30. The fourth-order valence-corrected chi connectivity index (χ4v) is 1.55. The monoisotopic (exact) mass is 208 g/mol. The standard InChI is InChI=1S/C10H12N2OS/c1-3-5-11-10(13)8(2)12-9-4-6-14-7-9/h1,4,6-8,12H,5H2,2H3,(H,11,13). The zero-order chi connectivity index (χ0) is 10.4. The normalized spacial score (nSPS) is 11.4. The largest absolute Gasteiger partial charge is 0.373 e. The van der Waals surface area contributed by atoms with Gasteiger partial charge in [0.05, 0.1) is 6.54 Å². The maximum Gasteiger partial charge on any atom is 0.242 e. The molecule has 74 valence electrons. The molecule has 0 spiro atoms. The van der Waals surface area contributed by atoms with E-state index in [-0.39, 0.29) is 18.5 Å². The Morgan fingerprint density at radius 3 is 3.14 bits per heavy atom. The lowest BCUT2D eigenvalue weighted by Gasteiger charge is -2.12. The summed E-state index contributed by atoms with van der Waals surface area (Å²) in [4.78, 5) is 11.4. The highest BCUT2D eigenvalue weighted by Gasteiger charge is 2.10. The molecule has 0 aliphatic carbocycles. The van der Waals surface area contributed by atoms with Gasteiger partial charge in [0, 0.05) is 11.1 Å². The van der Waals surface area contributed by atoms with Crippen molar-refractivity contribution in [2.24, 2.45) is 0 Å². The molecular formula is C10H12N2OS. The number of nitrogens with one attached hydrogen (secondary N) is 2. The minimum Gasteiger partial charge on any atom is -0.373 e. The third kappa shape index (κ3) is 3.11. The van der Waals surface area contributed by atoms with Crippen LogP contribution in [0.2, 0.25) is 0 Å². The van der Waals surface area contributed by atoms with E-state index >= 15 is 0 Å². The molecule has 0 radical (unpaired) electrons. The van der Waals surface area contributed by atoms with Gasteiger partial charge in [-0.2, -0.15) is 11.3 Å². The fourth-order valence-electron chi connectivity index (χ4n) is 0.953. The highest BCUT2D eigenvalue weighted by molar-refractivity contribution is 7.08. The van der Waals surface area contributed by atoms with Crippen LogP contribution in [-0.4, -0.2) is 18.5 Å². The van der Waals surface area contributed by atoms with Crippen molar-refractivity contribution < 1.29 is 4.79 Å². The van der Waals surface area contributed by atoms with Crippen molar-refractivity contribution in [3.05, 3.63) is 16.8 Å². The Hall–Kier alpha value is -1.47. The number of anilines is 1. The third-order valence-electron chi connectivity index (χ3n) is 1.66. The van der Waals surface area contributed by atoms with Gasteiger partial charge in [-0.1, -0.05) is 5.92 Å². The van der Waals surface area contributed by atoms with E-state index in [4.69, 9.17) is 6.42 Å². The summed E-state index contributed by atoms with van der Waals surface area (Å²) in [7, 11) is 0. The summed E-state index contributed by atoms with van der Waals surface area (Å²) in [6, 6.07) is 1.66. The number of carbonyl (C=O) groups is 1. The molecular weight excluding hydrogens is 196 g/mol. The first-order valence-electron chi connectivity index (χ1n) is 4.24. The van der Waals surface area contributed by atoms with Crippen molar-refractivity contribution in [1.82, 2.24) is 5.32 Å². The van der Waals surface area contributed by atoms with Crippen molar-refractivity contribution in [3.63, 3.8) is 0 Å². The molecule has 3 nitrogen and oxygen atoms in total. The summed E-state index contributed by atoms with van der Waals surface area (Å²) in [5, 5.41) is 9.57. The highest BCUT2D eigenvalue weighted by atomic mass is 32.1. The average molecular weight is 208 g/mol. The molecule has 1 aromatic rings. The van der Waals surface area contributed by atoms with Crippen LogP contribution in [0.5, 0.6) is 0 Å². The van der Waals surface area contributed by atoms with E-state index in [1.54, 1.807) is 18.3 Å². The summed E-state index contributed by atoms with van der Waals surface area (Å²) in [6.45, 7) is 2.07. The lowest BCUT2D eigenvalue weighted by atomic mass is 10.3. The maximum absolute atomic E-state index is 11.4. The first-order chi connectivity index (χ1) is 6.74. The van der Waals surface area contributed by atoms with Gasteiger partial charge in [-0.25, -0.2) is 0 Å². The zero-order valence-electron chi connectivity index (χ0n) is 7.91. The molecule has 1 rings (SSSR count). The molecule has 0 saturated carbocycles. The second-order valence-electron chi connectivity index (χ2n) is 2.80. The smallest absolute Gasteiger partial charge is 0.242 e. The van der Waals surface area contributed by atoms with Gasteiger partial charge < -0.3 is 10.6 Å². The average Bonchev–Trinajstić information content (AvgIpc) is 2.66. The summed E-state index contributed by atoms with van der Waals surface area (Å²) < 4.78 is 0. The SMILES string of the molecule is C#CCNC(=O)C(C)Nc1ccsc1. The third-order valence-corrected chi connectivity index (χ3v) is 2.35. The van der Waals surface area contributed by atoms with Crippen molar-refractivity contribution in [3.8, 4) is 12.3 Å². The van der Waals surface area contributed by atoms with E-state index < -0.39 is 0 Å². The molecule has 0 saturated heterocycles. The Labute approximate surface area is 87.5 Å². The van der Waals surface area contributed by atoms with Gasteiger partial charge in [0.25, 0.3) is 0 Å². The van der Waals surface area contributed by atoms with Crippen LogP contribution in [0.15, 0.2) is 16.8 Å². The molecule has 1 amide bonds. The number of amides is 1. The molecule has 0 aliphatic heterocycles. The molecule has 14 heavy (non-hydrogen) atoms. The summed E-state index contributed by atoms with van der Waals surface area (Å²) in [6.07, 6.45) is 5.03. The molecule has 1 heterocycles. The molecule has 2 N–H and O–H groups in total. The molecule has 0 fully saturated rings. The van der Waals surface area contributed by atoms with Crippen molar-refractivity contribution in [2.75, 3.05) is 11.9 Å². The van der Waals surface area contributed by atoms with E-state index in [9.17, 15) is 4.79 Å². The van der Waals surface area contributed by atoms with E-state index in [0.29, 0.717) is 0 Å². The van der Waals surface area contributed by atoms with Gasteiger partial charge in [0.1, 0.15) is 6.04 Å². The highest BCUT2D eigenvalue weighted by Crippen LogP contribution is 2.12. The number of rotatable bonds is 4. The van der Waals surface area contributed by atoms with Crippen molar-refractivity contribution in [2.45, 2.75) is 13.0 Å². The predicted molar refractivity (Wildman–Crippen MR) is 59.2 cm³/mol. The quantitative estimate of drug-likeness (QED) is 0.732. The van der Waals surface area contributed by atoms with E-state index in [1.807, 2.05) is 16.8 Å². The topological polar surface area (TPSA) is 41.1 Å². The van der Waals surface area contributed by atoms with E-state index in [0.717, 1.165) is 5.69 Å². The minimum atomic E-state index is -0.266. The van der Waals surface area contributed by atoms with Crippen LogP contribution in [-0.2, 0) is 4.79 Å². The molecule has 1 unspecified atom stereocenters. The number of hydrogen-bond acceptors (Lipinski definition) is 3. The lowest BCUT2D eigenvalue weighted by molar-refractivity contribution is -0.121. The van der Waals surface area contributed by atoms with Crippen LogP contribution in [0.1, 0.15) is 6.92 Å². The Morgan fingerprint density at radius 1 is 1.79 bits per heavy atom. The number of thiophene rings is 1. The molecule has 1 aromatic heterocycles. The second-order valence-corrected chi connectivity index (χ2v) is 3.58. The van der Waals surface area contributed by atoms with Crippen molar-refractivity contribution in [1.29, 1.82) is 0 Å². The zero-order valence-corrected chi connectivity index (χ0v) is 8.73. The molecule has 0 bridgehead atoms. The Morgan fingerprint density at radius 2 is 2.57 bits per heavy atom. The van der Waals surface area contributed by atoms with Gasteiger partial charge in [0.2, 0.25) is 5.91 Å². The van der Waals surface area contributed by atoms with Gasteiger partial charge in [-0.3, -0.25) is 4.79 Å².